The summed E-state index contributed by atoms with van der Waals surface area (Å²) in [4.78, 5) is 8.20. The van der Waals surface area contributed by atoms with Gasteiger partial charge in [0, 0.05) is 12.4 Å². The Hall–Kier alpha value is -2.34. The van der Waals surface area contributed by atoms with E-state index >= 15 is 0 Å². The van der Waals surface area contributed by atoms with Gasteiger partial charge in [-0.25, -0.2) is 9.97 Å². The predicted octanol–water partition coefficient (Wildman–Crippen LogP) is 3.84. The number of aromatic nitrogens is 5. The van der Waals surface area contributed by atoms with Gasteiger partial charge in [0.2, 0.25) is 5.95 Å². The fourth-order valence-electron chi connectivity index (χ4n) is 2.65. The van der Waals surface area contributed by atoms with Gasteiger partial charge in [0.15, 0.2) is 11.0 Å². The van der Waals surface area contributed by atoms with Crippen LogP contribution in [0.2, 0.25) is 5.15 Å². The van der Waals surface area contributed by atoms with E-state index in [-0.39, 0.29) is 0 Å². The summed E-state index contributed by atoms with van der Waals surface area (Å²) >= 11 is 6.10. The van der Waals surface area contributed by atoms with Gasteiger partial charge in [-0.3, -0.25) is 0 Å². The van der Waals surface area contributed by atoms with E-state index in [9.17, 15) is 4.39 Å². The third-order valence-corrected chi connectivity index (χ3v) is 4.21. The molecule has 0 atom stereocenters. The number of nitrogens with zero attached hydrogens (tertiary/aromatic N) is 5. The summed E-state index contributed by atoms with van der Waals surface area (Å²) in [6.07, 6.45) is 5.34. The van der Waals surface area contributed by atoms with Crippen LogP contribution in [0, 0.1) is 12.9 Å². The molecule has 0 saturated heterocycles. The molecule has 3 rings (SSSR count). The summed E-state index contributed by atoms with van der Waals surface area (Å²) < 4.78 is 15.3. The Kier molecular flexibility index (Phi) is 4.85. The zero-order valence-corrected chi connectivity index (χ0v) is 14.3. The molecule has 3 aromatic heterocycles. The van der Waals surface area contributed by atoms with Gasteiger partial charge in [-0.2, -0.15) is 9.49 Å². The van der Waals surface area contributed by atoms with Crippen molar-refractivity contribution in [1.29, 1.82) is 0 Å². The molecule has 0 radical (unpaired) electrons. The third-order valence-electron chi connectivity index (χ3n) is 3.85. The predicted molar refractivity (Wildman–Crippen MR) is 90.3 cm³/mol. The highest BCUT2D eigenvalue weighted by atomic mass is 35.5. The molecule has 3 aromatic rings. The molecule has 0 saturated carbocycles. The first kappa shape index (κ1) is 16.5. The Morgan fingerprint density at radius 3 is 2.83 bits per heavy atom. The average Bonchev–Trinajstić information content (AvgIpc) is 3.02. The van der Waals surface area contributed by atoms with Gasteiger partial charge in [-0.05, 0) is 36.6 Å². The van der Waals surface area contributed by atoms with Crippen molar-refractivity contribution in [2.45, 2.75) is 33.2 Å². The van der Waals surface area contributed by atoms with Crippen molar-refractivity contribution in [3.05, 3.63) is 58.5 Å². The van der Waals surface area contributed by atoms with Crippen LogP contribution in [0.15, 0.2) is 30.6 Å². The zero-order valence-electron chi connectivity index (χ0n) is 13.5. The molecule has 0 unspecified atom stereocenters. The van der Waals surface area contributed by atoms with Crippen molar-refractivity contribution in [2.75, 3.05) is 0 Å². The number of hydrogen-bond acceptors (Lipinski definition) is 4. The van der Waals surface area contributed by atoms with Crippen molar-refractivity contribution in [3.8, 4) is 11.5 Å². The second-order valence-corrected chi connectivity index (χ2v) is 5.87. The second-order valence-electron chi connectivity index (χ2n) is 5.52. The summed E-state index contributed by atoms with van der Waals surface area (Å²) in [5.41, 5.74) is 3.38. The van der Waals surface area contributed by atoms with Crippen LogP contribution in [0.1, 0.15) is 30.2 Å². The number of imidazole rings is 1. The van der Waals surface area contributed by atoms with Crippen LogP contribution >= 0.6 is 11.6 Å². The van der Waals surface area contributed by atoms with E-state index in [1.165, 1.54) is 6.07 Å². The molecular formula is C17H17ClFN5. The SMILES string of the molecule is CCCc1c(Cn2ccnc2-c2cccc(F)n2)nnc(Cl)c1C. The van der Waals surface area contributed by atoms with Gasteiger partial charge < -0.3 is 4.57 Å². The van der Waals surface area contributed by atoms with Gasteiger partial charge in [0.1, 0.15) is 5.69 Å². The Balaban J connectivity index is 1.99. The Morgan fingerprint density at radius 1 is 1.25 bits per heavy atom. The molecule has 0 spiro atoms. The average molecular weight is 346 g/mol. The minimum absolute atomic E-state index is 0.430. The monoisotopic (exact) mass is 345 g/mol. The number of hydrogen-bond donors (Lipinski definition) is 0. The fourth-order valence-corrected chi connectivity index (χ4v) is 2.81. The molecule has 5 nitrogen and oxygen atoms in total. The molecule has 0 amide bonds. The van der Waals surface area contributed by atoms with E-state index in [0.717, 1.165) is 29.7 Å². The van der Waals surface area contributed by atoms with Crippen molar-refractivity contribution < 1.29 is 4.39 Å². The van der Waals surface area contributed by atoms with Crippen molar-refractivity contribution in [3.63, 3.8) is 0 Å². The molecule has 0 fully saturated rings. The molecule has 124 valence electrons. The summed E-state index contributed by atoms with van der Waals surface area (Å²) in [7, 11) is 0. The quantitative estimate of drug-likeness (QED) is 0.659. The highest BCUT2D eigenvalue weighted by molar-refractivity contribution is 6.30. The lowest BCUT2D eigenvalue weighted by atomic mass is 10.0. The molecule has 0 aromatic carbocycles. The van der Waals surface area contributed by atoms with E-state index in [2.05, 4.69) is 27.1 Å². The summed E-state index contributed by atoms with van der Waals surface area (Å²) in [5, 5.41) is 8.71. The van der Waals surface area contributed by atoms with Crippen LogP contribution in [0.5, 0.6) is 0 Å². The van der Waals surface area contributed by atoms with E-state index in [1.54, 1.807) is 18.3 Å². The largest absolute Gasteiger partial charge is 0.324 e. The molecule has 0 aliphatic rings. The minimum Gasteiger partial charge on any atom is -0.324 e. The van der Waals surface area contributed by atoms with Crippen LogP contribution in [0.25, 0.3) is 11.5 Å². The number of rotatable bonds is 5. The van der Waals surface area contributed by atoms with Gasteiger partial charge in [0.25, 0.3) is 0 Å². The normalized spacial score (nSPS) is 11.0. The third kappa shape index (κ3) is 3.28. The lowest BCUT2D eigenvalue weighted by Crippen LogP contribution is -2.10. The molecule has 3 heterocycles. The van der Waals surface area contributed by atoms with Crippen LogP contribution in [0.4, 0.5) is 4.39 Å². The summed E-state index contributed by atoms with van der Waals surface area (Å²) in [6, 6.07) is 4.66. The van der Waals surface area contributed by atoms with Crippen LogP contribution < -0.4 is 0 Å². The first-order valence-electron chi connectivity index (χ1n) is 7.74. The maximum atomic E-state index is 13.4. The molecule has 24 heavy (non-hydrogen) atoms. The summed E-state index contributed by atoms with van der Waals surface area (Å²) in [6.45, 7) is 4.54. The number of halogens is 2. The van der Waals surface area contributed by atoms with Gasteiger partial charge in [-0.15, -0.1) is 5.10 Å². The maximum absolute atomic E-state index is 13.4. The molecule has 0 aliphatic carbocycles. The molecular weight excluding hydrogens is 329 g/mol. The minimum atomic E-state index is -0.532. The Morgan fingerprint density at radius 2 is 2.08 bits per heavy atom. The zero-order chi connectivity index (χ0) is 17.1. The summed E-state index contributed by atoms with van der Waals surface area (Å²) in [5.74, 6) is 0.0576. The lowest BCUT2D eigenvalue weighted by Gasteiger charge is -2.13. The van der Waals surface area contributed by atoms with E-state index in [0.29, 0.717) is 23.2 Å². The molecule has 0 bridgehead atoms. The van der Waals surface area contributed by atoms with Crippen LogP contribution in [-0.2, 0) is 13.0 Å². The van der Waals surface area contributed by atoms with Crippen molar-refractivity contribution in [2.24, 2.45) is 0 Å². The first-order chi connectivity index (χ1) is 11.6. The highest BCUT2D eigenvalue weighted by Gasteiger charge is 2.15. The Labute approximate surface area is 144 Å². The Bertz CT molecular complexity index is 862. The smallest absolute Gasteiger partial charge is 0.213 e. The first-order valence-corrected chi connectivity index (χ1v) is 8.12. The van der Waals surface area contributed by atoms with Gasteiger partial charge in [0.05, 0.1) is 12.2 Å². The van der Waals surface area contributed by atoms with Crippen molar-refractivity contribution >= 4 is 11.6 Å². The van der Waals surface area contributed by atoms with Crippen molar-refractivity contribution in [1.82, 2.24) is 24.7 Å². The topological polar surface area (TPSA) is 56.5 Å². The van der Waals surface area contributed by atoms with E-state index in [4.69, 9.17) is 11.6 Å². The lowest BCUT2D eigenvalue weighted by molar-refractivity contribution is 0.584. The van der Waals surface area contributed by atoms with Crippen LogP contribution in [-0.4, -0.2) is 24.7 Å². The fraction of sp³-hybridized carbons (Fsp3) is 0.294. The van der Waals surface area contributed by atoms with Gasteiger partial charge >= 0.3 is 0 Å². The van der Waals surface area contributed by atoms with E-state index in [1.807, 2.05) is 17.7 Å². The second kappa shape index (κ2) is 7.05. The molecule has 0 N–H and O–H groups in total. The van der Waals surface area contributed by atoms with Crippen LogP contribution in [0.3, 0.4) is 0 Å². The van der Waals surface area contributed by atoms with E-state index < -0.39 is 5.95 Å². The molecule has 7 heteroatoms. The highest BCUT2D eigenvalue weighted by Crippen LogP contribution is 2.22. The number of pyridine rings is 1. The van der Waals surface area contributed by atoms with Gasteiger partial charge in [-0.1, -0.05) is 31.0 Å². The standard InChI is InChI=1S/C17H17ClFN5/c1-3-5-12-11(2)16(18)23-22-14(12)10-24-9-8-20-17(24)13-6-4-7-15(19)21-13/h4,6-9H,3,5,10H2,1-2H3. The molecule has 0 aliphatic heterocycles. The maximum Gasteiger partial charge on any atom is 0.213 e.